The fraction of sp³-hybridized carbons (Fsp3) is 0.389. The molecule has 2 aromatic rings. The Morgan fingerprint density at radius 1 is 1.24 bits per heavy atom. The van der Waals surface area contributed by atoms with Crippen molar-refractivity contribution in [3.8, 4) is 11.5 Å². The summed E-state index contributed by atoms with van der Waals surface area (Å²) in [6.45, 7) is 0.193. The Hall–Kier alpha value is -2.34. The normalized spacial score (nSPS) is 29.9. The Morgan fingerprint density at radius 2 is 2.10 bits per heavy atom. The lowest BCUT2D eigenvalue weighted by atomic mass is 9.81. The van der Waals surface area contributed by atoms with Crippen LogP contribution in [0.2, 0.25) is 0 Å². The second-order valence-electron chi connectivity index (χ2n) is 6.93. The Labute approximate surface area is 174 Å². The average molecular weight is 434 g/mol. The van der Waals surface area contributed by atoms with E-state index in [0.29, 0.717) is 21.8 Å². The molecule has 1 aromatic carbocycles. The third-order valence-corrected chi connectivity index (χ3v) is 7.11. The van der Waals surface area contributed by atoms with E-state index in [0.717, 1.165) is 5.69 Å². The highest BCUT2D eigenvalue weighted by Gasteiger charge is 2.50. The summed E-state index contributed by atoms with van der Waals surface area (Å²) in [6.07, 6.45) is -0.257. The fourth-order valence-electron chi connectivity index (χ4n) is 3.69. The number of fused-ring (bicyclic) bond motifs is 2. The number of aliphatic hydroxyl groups is 2. The number of rotatable bonds is 3. The minimum absolute atomic E-state index is 0.166. The van der Waals surface area contributed by atoms with Crippen LogP contribution in [0, 0.1) is 5.92 Å². The van der Waals surface area contributed by atoms with Gasteiger partial charge in [0.25, 0.3) is 0 Å². The summed E-state index contributed by atoms with van der Waals surface area (Å²) >= 11 is 2.72. The van der Waals surface area contributed by atoms with Crippen LogP contribution in [0.1, 0.15) is 6.42 Å². The molecule has 152 valence electrons. The molecule has 9 nitrogen and oxygen atoms in total. The Morgan fingerprint density at radius 3 is 2.93 bits per heavy atom. The number of amidine groups is 1. The molecule has 0 saturated heterocycles. The van der Waals surface area contributed by atoms with E-state index < -0.39 is 24.2 Å². The highest BCUT2D eigenvalue weighted by Crippen LogP contribution is 2.42. The van der Waals surface area contributed by atoms with Gasteiger partial charge in [0.2, 0.25) is 12.7 Å². The molecule has 3 heterocycles. The monoisotopic (exact) mass is 434 g/mol. The Bertz CT molecular complexity index is 954. The van der Waals surface area contributed by atoms with Crippen molar-refractivity contribution in [2.45, 2.75) is 29.9 Å². The molecule has 11 heteroatoms. The van der Waals surface area contributed by atoms with E-state index in [1.807, 2.05) is 12.1 Å². The van der Waals surface area contributed by atoms with E-state index in [-0.39, 0.29) is 24.4 Å². The molecule has 1 amide bonds. The lowest BCUT2D eigenvalue weighted by Gasteiger charge is -2.37. The number of thioether (sulfide) groups is 1. The van der Waals surface area contributed by atoms with Gasteiger partial charge in [-0.3, -0.25) is 9.79 Å². The van der Waals surface area contributed by atoms with Gasteiger partial charge in [0.15, 0.2) is 21.8 Å². The van der Waals surface area contributed by atoms with E-state index >= 15 is 0 Å². The summed E-state index contributed by atoms with van der Waals surface area (Å²) in [4.78, 5) is 21.4. The van der Waals surface area contributed by atoms with Crippen molar-refractivity contribution in [1.29, 1.82) is 0 Å². The highest BCUT2D eigenvalue weighted by molar-refractivity contribution is 8.15. The largest absolute Gasteiger partial charge is 0.454 e. The molecule has 4 N–H and O–H groups in total. The SMILES string of the molecule is O=C(Nc1nccs1)C1CC(O)C(O)C2N=C(Nc3ccc4c(c3)OCO4)SC12. The second-order valence-corrected chi connectivity index (χ2v) is 8.99. The molecule has 1 aromatic heterocycles. The lowest BCUT2D eigenvalue weighted by molar-refractivity contribution is -0.124. The molecule has 0 spiro atoms. The van der Waals surface area contributed by atoms with Gasteiger partial charge in [-0.15, -0.1) is 11.3 Å². The number of benzene rings is 1. The van der Waals surface area contributed by atoms with E-state index in [9.17, 15) is 15.0 Å². The van der Waals surface area contributed by atoms with Crippen LogP contribution >= 0.6 is 23.1 Å². The number of anilines is 2. The van der Waals surface area contributed by atoms with Crippen LogP contribution < -0.4 is 20.1 Å². The van der Waals surface area contributed by atoms with Crippen molar-refractivity contribution < 1.29 is 24.5 Å². The lowest BCUT2D eigenvalue weighted by Crippen LogP contribution is -2.52. The number of thiazole rings is 1. The van der Waals surface area contributed by atoms with Crippen LogP contribution in [0.5, 0.6) is 11.5 Å². The molecule has 5 unspecified atom stereocenters. The van der Waals surface area contributed by atoms with Crippen LogP contribution in [-0.2, 0) is 4.79 Å². The van der Waals surface area contributed by atoms with Crippen LogP contribution in [0.25, 0.3) is 0 Å². The molecule has 2 aliphatic heterocycles. The van der Waals surface area contributed by atoms with Crippen molar-refractivity contribution in [3.63, 3.8) is 0 Å². The van der Waals surface area contributed by atoms with Crippen LogP contribution in [-0.4, -0.2) is 56.6 Å². The topological polar surface area (TPSA) is 125 Å². The number of aromatic nitrogens is 1. The number of nitrogens with one attached hydrogen (secondary N) is 2. The van der Waals surface area contributed by atoms with E-state index in [4.69, 9.17) is 9.47 Å². The maximum atomic E-state index is 12.8. The summed E-state index contributed by atoms with van der Waals surface area (Å²) < 4.78 is 10.7. The first-order valence-corrected chi connectivity index (χ1v) is 10.8. The van der Waals surface area contributed by atoms with Gasteiger partial charge in [-0.05, 0) is 18.6 Å². The number of carbonyl (C=O) groups is 1. The standard InChI is InChI=1S/C18H18N4O5S2/c23-10-6-9(16(25)22-17-19-3-4-28-17)15-13(14(10)24)21-18(29-15)20-8-1-2-11-12(5-8)27-7-26-11/h1-5,9-10,13-15,23-24H,6-7H2,(H,20,21)(H,19,22,25). The smallest absolute Gasteiger partial charge is 0.231 e. The van der Waals surface area contributed by atoms with Crippen molar-refractivity contribution in [2.24, 2.45) is 10.9 Å². The van der Waals surface area contributed by atoms with Crippen molar-refractivity contribution in [1.82, 2.24) is 4.98 Å². The van der Waals surface area contributed by atoms with Gasteiger partial charge in [-0.1, -0.05) is 11.8 Å². The third kappa shape index (κ3) is 3.54. The van der Waals surface area contributed by atoms with E-state index in [2.05, 4.69) is 20.6 Å². The number of aliphatic hydroxyl groups excluding tert-OH is 2. The van der Waals surface area contributed by atoms with E-state index in [1.165, 1.54) is 23.1 Å². The van der Waals surface area contributed by atoms with Gasteiger partial charge >= 0.3 is 0 Å². The summed E-state index contributed by atoms with van der Waals surface area (Å²) in [7, 11) is 0. The molecule has 5 atom stereocenters. The van der Waals surface area contributed by atoms with Gasteiger partial charge in [-0.25, -0.2) is 4.98 Å². The minimum Gasteiger partial charge on any atom is -0.454 e. The number of aliphatic imine (C=N–C) groups is 1. The summed E-state index contributed by atoms with van der Waals surface area (Å²) in [6, 6.07) is 4.88. The van der Waals surface area contributed by atoms with Gasteiger partial charge in [0.1, 0.15) is 6.10 Å². The number of amides is 1. The number of nitrogens with zero attached hydrogens (tertiary/aromatic N) is 2. The quantitative estimate of drug-likeness (QED) is 0.573. The molecule has 29 heavy (non-hydrogen) atoms. The van der Waals surface area contributed by atoms with Gasteiger partial charge in [-0.2, -0.15) is 0 Å². The number of hydrogen-bond donors (Lipinski definition) is 4. The summed E-state index contributed by atoms with van der Waals surface area (Å²) in [5.74, 6) is 0.593. The molecule has 1 saturated carbocycles. The highest BCUT2D eigenvalue weighted by atomic mass is 32.2. The Kier molecular flexibility index (Phi) is 4.82. The molecular weight excluding hydrogens is 416 g/mol. The number of carbonyl (C=O) groups excluding carboxylic acids is 1. The first-order chi connectivity index (χ1) is 14.1. The van der Waals surface area contributed by atoms with Gasteiger partial charge in [0, 0.05) is 28.6 Å². The Balaban J connectivity index is 1.33. The first kappa shape index (κ1) is 18.7. The maximum absolute atomic E-state index is 12.8. The second kappa shape index (κ2) is 7.48. The minimum atomic E-state index is -1.02. The van der Waals surface area contributed by atoms with Crippen LogP contribution in [0.4, 0.5) is 10.8 Å². The van der Waals surface area contributed by atoms with Crippen molar-refractivity contribution in [3.05, 3.63) is 29.8 Å². The number of hydrogen-bond acceptors (Lipinski definition) is 10. The zero-order valence-electron chi connectivity index (χ0n) is 15.0. The molecule has 0 radical (unpaired) electrons. The van der Waals surface area contributed by atoms with Gasteiger partial charge < -0.3 is 30.3 Å². The fourth-order valence-corrected chi connectivity index (χ4v) is 5.60. The zero-order valence-corrected chi connectivity index (χ0v) is 16.7. The van der Waals surface area contributed by atoms with Crippen molar-refractivity contribution >= 4 is 45.0 Å². The third-order valence-electron chi connectivity index (χ3n) is 5.11. The van der Waals surface area contributed by atoms with Crippen LogP contribution in [0.15, 0.2) is 34.8 Å². The zero-order chi connectivity index (χ0) is 20.0. The summed E-state index contributed by atoms with van der Waals surface area (Å²) in [5.41, 5.74) is 0.762. The first-order valence-electron chi connectivity index (χ1n) is 9.06. The molecule has 0 bridgehead atoms. The molecule has 1 aliphatic carbocycles. The molecule has 5 rings (SSSR count). The molecule has 3 aliphatic rings. The van der Waals surface area contributed by atoms with E-state index in [1.54, 1.807) is 17.6 Å². The maximum Gasteiger partial charge on any atom is 0.231 e. The van der Waals surface area contributed by atoms with Crippen LogP contribution in [0.3, 0.4) is 0 Å². The molecule has 1 fully saturated rings. The van der Waals surface area contributed by atoms with Crippen molar-refractivity contribution in [2.75, 3.05) is 17.4 Å². The predicted molar refractivity (Wildman–Crippen MR) is 110 cm³/mol. The predicted octanol–water partition coefficient (Wildman–Crippen LogP) is 1.50. The number of ether oxygens (including phenoxy) is 2. The summed E-state index contributed by atoms with van der Waals surface area (Å²) in [5, 5.41) is 29.3. The average Bonchev–Trinajstić information content (AvgIpc) is 3.45. The molecular formula is C18H18N4O5S2. The van der Waals surface area contributed by atoms with Gasteiger partial charge in [0.05, 0.1) is 18.1 Å².